The maximum absolute atomic E-state index is 3.49. The number of rotatable bonds is 6. The summed E-state index contributed by atoms with van der Waals surface area (Å²) in [5, 5.41) is 3.49. The molecule has 1 saturated carbocycles. The van der Waals surface area contributed by atoms with Crippen LogP contribution < -0.4 is 5.32 Å². The number of fused-ring (bicyclic) bond motifs is 1. The minimum Gasteiger partial charge on any atom is -0.384 e. The van der Waals surface area contributed by atoms with Crippen molar-refractivity contribution in [2.45, 2.75) is 52.1 Å². The summed E-state index contributed by atoms with van der Waals surface area (Å²) in [5.41, 5.74) is 4.34. The molecule has 1 aromatic carbocycles. The number of hydrogen-bond donors (Lipinski definition) is 1. The summed E-state index contributed by atoms with van der Waals surface area (Å²) in [4.78, 5) is 2.69. The van der Waals surface area contributed by atoms with Crippen molar-refractivity contribution in [1.82, 2.24) is 4.90 Å². The van der Waals surface area contributed by atoms with Gasteiger partial charge in [0, 0.05) is 24.8 Å². The quantitative estimate of drug-likeness (QED) is 0.837. The van der Waals surface area contributed by atoms with Crippen LogP contribution in [-0.4, -0.2) is 24.0 Å². The molecule has 19 heavy (non-hydrogen) atoms. The topological polar surface area (TPSA) is 15.3 Å². The van der Waals surface area contributed by atoms with Crippen LogP contribution in [-0.2, 0) is 13.0 Å². The van der Waals surface area contributed by atoms with Gasteiger partial charge in [-0.2, -0.15) is 0 Å². The number of hydrogen-bond acceptors (Lipinski definition) is 2. The minimum absolute atomic E-state index is 0.808. The van der Waals surface area contributed by atoms with E-state index in [-0.39, 0.29) is 0 Å². The molecule has 2 nitrogen and oxygen atoms in total. The van der Waals surface area contributed by atoms with E-state index in [1.807, 2.05) is 0 Å². The predicted octanol–water partition coefficient (Wildman–Crippen LogP) is 3.67. The smallest absolute Gasteiger partial charge is 0.0376 e. The van der Waals surface area contributed by atoms with Crippen molar-refractivity contribution < 1.29 is 0 Å². The molecular formula is C17H26N2. The van der Waals surface area contributed by atoms with E-state index in [2.05, 4.69) is 42.3 Å². The van der Waals surface area contributed by atoms with Gasteiger partial charge < -0.3 is 5.32 Å². The average molecular weight is 258 g/mol. The van der Waals surface area contributed by atoms with Gasteiger partial charge in [-0.3, -0.25) is 4.90 Å². The second kappa shape index (κ2) is 5.54. The zero-order valence-electron chi connectivity index (χ0n) is 12.3. The molecular weight excluding hydrogens is 232 g/mol. The van der Waals surface area contributed by atoms with Gasteiger partial charge in [-0.15, -0.1) is 0 Å². The van der Waals surface area contributed by atoms with Crippen molar-refractivity contribution in [2.75, 3.05) is 18.4 Å². The summed E-state index contributed by atoms with van der Waals surface area (Å²) in [5.74, 6) is 0.808. The van der Waals surface area contributed by atoms with E-state index in [0.717, 1.165) is 25.0 Å². The second-order valence-corrected chi connectivity index (χ2v) is 6.55. The zero-order valence-corrected chi connectivity index (χ0v) is 12.3. The van der Waals surface area contributed by atoms with E-state index in [1.165, 1.54) is 49.0 Å². The molecule has 1 heterocycles. The highest BCUT2D eigenvalue weighted by Gasteiger charge is 2.28. The molecule has 1 fully saturated rings. The van der Waals surface area contributed by atoms with Gasteiger partial charge in [0.1, 0.15) is 0 Å². The highest BCUT2D eigenvalue weighted by Crippen LogP contribution is 2.30. The molecule has 1 aliphatic carbocycles. The fraction of sp³-hybridized carbons (Fsp3) is 0.647. The van der Waals surface area contributed by atoms with Gasteiger partial charge in [0.25, 0.3) is 0 Å². The highest BCUT2D eigenvalue weighted by atomic mass is 15.2. The van der Waals surface area contributed by atoms with E-state index in [9.17, 15) is 0 Å². The lowest BCUT2D eigenvalue weighted by Gasteiger charge is -2.23. The van der Waals surface area contributed by atoms with Gasteiger partial charge in [0.15, 0.2) is 0 Å². The lowest BCUT2D eigenvalue weighted by atomic mass is 10.1. The van der Waals surface area contributed by atoms with Gasteiger partial charge in [0.2, 0.25) is 0 Å². The van der Waals surface area contributed by atoms with Crippen molar-refractivity contribution in [2.24, 2.45) is 5.92 Å². The monoisotopic (exact) mass is 258 g/mol. The minimum atomic E-state index is 0.808. The Morgan fingerprint density at radius 3 is 2.89 bits per heavy atom. The van der Waals surface area contributed by atoms with Crippen LogP contribution >= 0.6 is 0 Å². The molecule has 0 saturated heterocycles. The maximum atomic E-state index is 3.49. The third-order valence-electron chi connectivity index (χ3n) is 4.33. The van der Waals surface area contributed by atoms with Crippen LogP contribution in [0.4, 0.5) is 5.69 Å². The first-order chi connectivity index (χ1) is 9.22. The van der Waals surface area contributed by atoms with E-state index < -0.39 is 0 Å². The SMILES string of the molecule is CC(C)CCN(Cc1ccc2c(c1)NCC2)C1CC1. The number of nitrogens with zero attached hydrogens (tertiary/aromatic N) is 1. The van der Waals surface area contributed by atoms with Crippen LogP contribution in [0.1, 0.15) is 44.2 Å². The summed E-state index contributed by atoms with van der Waals surface area (Å²) in [7, 11) is 0. The maximum Gasteiger partial charge on any atom is 0.0376 e. The molecule has 0 amide bonds. The van der Waals surface area contributed by atoms with E-state index in [1.54, 1.807) is 0 Å². The number of benzene rings is 1. The summed E-state index contributed by atoms with van der Waals surface area (Å²) in [6.45, 7) is 8.15. The van der Waals surface area contributed by atoms with Gasteiger partial charge in [-0.25, -0.2) is 0 Å². The molecule has 3 rings (SSSR count). The van der Waals surface area contributed by atoms with Gasteiger partial charge in [-0.1, -0.05) is 26.0 Å². The summed E-state index contributed by atoms with van der Waals surface area (Å²) in [6.07, 6.45) is 5.32. The Bertz CT molecular complexity index is 435. The summed E-state index contributed by atoms with van der Waals surface area (Å²) in [6, 6.07) is 7.88. The molecule has 1 N–H and O–H groups in total. The highest BCUT2D eigenvalue weighted by molar-refractivity contribution is 5.57. The molecule has 0 radical (unpaired) electrons. The number of anilines is 1. The molecule has 1 aliphatic heterocycles. The Balaban J connectivity index is 1.64. The zero-order chi connectivity index (χ0) is 13.2. The van der Waals surface area contributed by atoms with Crippen LogP contribution in [0.5, 0.6) is 0 Å². The fourth-order valence-corrected chi connectivity index (χ4v) is 2.93. The second-order valence-electron chi connectivity index (χ2n) is 6.55. The first kappa shape index (κ1) is 13.0. The van der Waals surface area contributed by atoms with Crippen LogP contribution in [0.2, 0.25) is 0 Å². The van der Waals surface area contributed by atoms with E-state index >= 15 is 0 Å². The van der Waals surface area contributed by atoms with Crippen LogP contribution in [0.3, 0.4) is 0 Å². The van der Waals surface area contributed by atoms with E-state index in [4.69, 9.17) is 0 Å². The van der Waals surface area contributed by atoms with Crippen LogP contribution in [0.15, 0.2) is 18.2 Å². The van der Waals surface area contributed by atoms with Crippen LogP contribution in [0, 0.1) is 5.92 Å². The Morgan fingerprint density at radius 1 is 1.32 bits per heavy atom. The van der Waals surface area contributed by atoms with Crippen molar-refractivity contribution in [3.8, 4) is 0 Å². The molecule has 2 aliphatic rings. The average Bonchev–Trinajstić information content (AvgIpc) is 3.12. The Morgan fingerprint density at radius 2 is 2.16 bits per heavy atom. The van der Waals surface area contributed by atoms with Crippen LogP contribution in [0.25, 0.3) is 0 Å². The molecule has 0 spiro atoms. The Labute approximate surface area is 117 Å². The molecule has 104 valence electrons. The normalized spacial score (nSPS) is 17.9. The van der Waals surface area contributed by atoms with Crippen molar-refractivity contribution >= 4 is 5.69 Å². The van der Waals surface area contributed by atoms with Crippen molar-refractivity contribution in [3.05, 3.63) is 29.3 Å². The predicted molar refractivity (Wildman–Crippen MR) is 81.5 cm³/mol. The molecule has 0 unspecified atom stereocenters. The molecule has 1 aromatic rings. The standard InChI is InChI=1S/C17H26N2/c1-13(2)8-10-19(16-5-6-16)12-14-3-4-15-7-9-18-17(15)11-14/h3-4,11,13,16,18H,5-10,12H2,1-2H3. The molecule has 2 heteroatoms. The van der Waals surface area contributed by atoms with Gasteiger partial charge in [0.05, 0.1) is 0 Å². The van der Waals surface area contributed by atoms with Gasteiger partial charge >= 0.3 is 0 Å². The third kappa shape index (κ3) is 3.30. The summed E-state index contributed by atoms with van der Waals surface area (Å²) >= 11 is 0. The lowest BCUT2D eigenvalue weighted by Crippen LogP contribution is -2.27. The van der Waals surface area contributed by atoms with Crippen molar-refractivity contribution in [1.29, 1.82) is 0 Å². The molecule has 0 bridgehead atoms. The first-order valence-corrected chi connectivity index (χ1v) is 7.82. The molecule has 0 atom stereocenters. The largest absolute Gasteiger partial charge is 0.384 e. The van der Waals surface area contributed by atoms with Crippen molar-refractivity contribution in [3.63, 3.8) is 0 Å². The lowest BCUT2D eigenvalue weighted by molar-refractivity contribution is 0.239. The summed E-state index contributed by atoms with van der Waals surface area (Å²) < 4.78 is 0. The number of nitrogens with one attached hydrogen (secondary N) is 1. The molecule has 0 aromatic heterocycles. The fourth-order valence-electron chi connectivity index (χ4n) is 2.93. The van der Waals surface area contributed by atoms with Gasteiger partial charge in [-0.05, 0) is 55.3 Å². The Kier molecular flexibility index (Phi) is 3.79. The first-order valence-electron chi connectivity index (χ1n) is 7.82. The Hall–Kier alpha value is -1.02. The third-order valence-corrected chi connectivity index (χ3v) is 4.33. The van der Waals surface area contributed by atoms with E-state index in [0.29, 0.717) is 0 Å².